The average Bonchev–Trinajstić information content (AvgIpc) is 2.47. The average molecular weight is 288 g/mol. The van der Waals surface area contributed by atoms with E-state index >= 15 is 0 Å². The summed E-state index contributed by atoms with van der Waals surface area (Å²) in [6.07, 6.45) is 1.68. The summed E-state index contributed by atoms with van der Waals surface area (Å²) in [5.41, 5.74) is 8.00. The van der Waals surface area contributed by atoms with Crippen molar-refractivity contribution in [1.29, 1.82) is 0 Å². The van der Waals surface area contributed by atoms with E-state index in [1.165, 1.54) is 4.68 Å². The Kier molecular flexibility index (Phi) is 4.94. The number of aromatic nitrogens is 2. The predicted octanol–water partition coefficient (Wildman–Crippen LogP) is 0.956. The molecular formula is C15H20N4O2. The molecule has 0 saturated carbocycles. The molecule has 0 aliphatic carbocycles. The van der Waals surface area contributed by atoms with Crippen molar-refractivity contribution in [2.75, 3.05) is 37.9 Å². The first-order valence-electron chi connectivity index (χ1n) is 6.72. The van der Waals surface area contributed by atoms with Crippen molar-refractivity contribution in [1.82, 2.24) is 9.78 Å². The molecule has 6 heteroatoms. The van der Waals surface area contributed by atoms with Crippen LogP contribution in [-0.2, 0) is 11.3 Å². The molecule has 6 nitrogen and oxygen atoms in total. The lowest BCUT2D eigenvalue weighted by molar-refractivity contribution is 0.206. The van der Waals surface area contributed by atoms with Crippen LogP contribution in [0.25, 0.3) is 0 Å². The van der Waals surface area contributed by atoms with E-state index in [2.05, 4.69) is 5.10 Å². The second kappa shape index (κ2) is 6.90. The first-order chi connectivity index (χ1) is 10.1. The zero-order valence-electron chi connectivity index (χ0n) is 12.3. The van der Waals surface area contributed by atoms with Crippen LogP contribution in [-0.4, -0.2) is 37.1 Å². The Hall–Kier alpha value is -2.34. The third kappa shape index (κ3) is 4.06. The van der Waals surface area contributed by atoms with Crippen molar-refractivity contribution < 1.29 is 4.74 Å². The zero-order valence-corrected chi connectivity index (χ0v) is 12.3. The van der Waals surface area contributed by atoms with Crippen molar-refractivity contribution in [3.05, 3.63) is 52.4 Å². The van der Waals surface area contributed by atoms with Gasteiger partial charge in [-0.3, -0.25) is 4.79 Å². The van der Waals surface area contributed by atoms with E-state index in [0.717, 1.165) is 11.3 Å². The fourth-order valence-corrected chi connectivity index (χ4v) is 1.97. The van der Waals surface area contributed by atoms with Crippen LogP contribution in [0.5, 0.6) is 0 Å². The number of hydrogen-bond donors (Lipinski definition) is 1. The third-order valence-corrected chi connectivity index (χ3v) is 3.21. The molecule has 0 aliphatic heterocycles. The summed E-state index contributed by atoms with van der Waals surface area (Å²) in [6.45, 7) is 1.71. The molecule has 0 saturated heterocycles. The van der Waals surface area contributed by atoms with Crippen LogP contribution in [0.1, 0.15) is 5.56 Å². The quantitative estimate of drug-likeness (QED) is 0.801. The largest absolute Gasteiger partial charge is 0.399 e. The summed E-state index contributed by atoms with van der Waals surface area (Å²) < 4.78 is 6.44. The summed E-state index contributed by atoms with van der Waals surface area (Å²) in [6, 6.07) is 9.01. The molecule has 1 heterocycles. The fraction of sp³-hybridized carbons (Fsp3) is 0.333. The number of nitrogens with two attached hydrogens (primary N) is 1. The molecular weight excluding hydrogens is 268 g/mol. The highest BCUT2D eigenvalue weighted by Gasteiger charge is 2.05. The summed E-state index contributed by atoms with van der Waals surface area (Å²) in [7, 11) is 3.55. The number of anilines is 2. The molecule has 0 unspecified atom stereocenters. The lowest BCUT2D eigenvalue weighted by atomic mass is 10.2. The first-order valence-corrected chi connectivity index (χ1v) is 6.72. The van der Waals surface area contributed by atoms with Gasteiger partial charge in [0.1, 0.15) is 0 Å². The van der Waals surface area contributed by atoms with Gasteiger partial charge in [0.05, 0.1) is 25.0 Å². The van der Waals surface area contributed by atoms with Gasteiger partial charge >= 0.3 is 0 Å². The summed E-state index contributed by atoms with van der Waals surface area (Å²) in [5, 5.41) is 4.21. The molecule has 1 aromatic carbocycles. The minimum atomic E-state index is -0.140. The molecule has 21 heavy (non-hydrogen) atoms. The Morgan fingerprint density at radius 1 is 1.38 bits per heavy atom. The van der Waals surface area contributed by atoms with Gasteiger partial charge < -0.3 is 15.4 Å². The molecule has 112 valence electrons. The van der Waals surface area contributed by atoms with Crippen LogP contribution in [0.3, 0.4) is 0 Å². The number of nitrogens with zero attached hydrogens (tertiary/aromatic N) is 3. The Bertz CT molecular complexity index is 654. The third-order valence-electron chi connectivity index (χ3n) is 3.21. The fourth-order valence-electron chi connectivity index (χ4n) is 1.97. The molecule has 0 atom stereocenters. The summed E-state index contributed by atoms with van der Waals surface area (Å²) in [4.78, 5) is 14.1. The Morgan fingerprint density at radius 2 is 2.19 bits per heavy atom. The van der Waals surface area contributed by atoms with Crippen LogP contribution < -0.4 is 16.2 Å². The molecule has 0 aliphatic rings. The number of ether oxygens (including phenoxy) is 1. The van der Waals surface area contributed by atoms with Gasteiger partial charge in [0.25, 0.3) is 5.56 Å². The van der Waals surface area contributed by atoms with Crippen LogP contribution in [0.15, 0.2) is 41.3 Å². The summed E-state index contributed by atoms with van der Waals surface area (Å²) in [5.74, 6) is 0. The molecule has 2 N–H and O–H groups in total. The number of benzene rings is 1. The Labute approximate surface area is 123 Å². The van der Waals surface area contributed by atoms with Gasteiger partial charge in [-0.15, -0.1) is 0 Å². The lowest BCUT2D eigenvalue weighted by Gasteiger charge is -2.18. The topological polar surface area (TPSA) is 73.4 Å². The van der Waals surface area contributed by atoms with Gasteiger partial charge in [0, 0.05) is 32.5 Å². The second-order valence-corrected chi connectivity index (χ2v) is 4.87. The van der Waals surface area contributed by atoms with Crippen LogP contribution in [0, 0.1) is 0 Å². The van der Waals surface area contributed by atoms with Crippen LogP contribution in [0.2, 0.25) is 0 Å². The zero-order chi connectivity index (χ0) is 15.2. The van der Waals surface area contributed by atoms with Crippen molar-refractivity contribution in [2.24, 2.45) is 0 Å². The van der Waals surface area contributed by atoms with E-state index in [9.17, 15) is 4.79 Å². The van der Waals surface area contributed by atoms with Crippen molar-refractivity contribution in [3.63, 3.8) is 0 Å². The number of methoxy groups -OCH3 is 1. The van der Waals surface area contributed by atoms with E-state index in [1.54, 1.807) is 19.4 Å². The van der Waals surface area contributed by atoms with Gasteiger partial charge in [0.2, 0.25) is 0 Å². The SMILES string of the molecule is COCCN(C)c1cnn(Cc2cccc(N)c2)c(=O)c1. The van der Waals surface area contributed by atoms with Gasteiger partial charge in [-0.05, 0) is 17.7 Å². The van der Waals surface area contributed by atoms with Gasteiger partial charge in [-0.2, -0.15) is 5.10 Å². The highest BCUT2D eigenvalue weighted by molar-refractivity contribution is 5.42. The molecule has 0 bridgehead atoms. The van der Waals surface area contributed by atoms with E-state index < -0.39 is 0 Å². The Balaban J connectivity index is 2.14. The Morgan fingerprint density at radius 3 is 2.86 bits per heavy atom. The normalized spacial score (nSPS) is 10.6. The molecule has 0 amide bonds. The monoisotopic (exact) mass is 288 g/mol. The standard InChI is InChI=1S/C15H20N4O2/c1-18(6-7-21-2)14-9-15(20)19(17-10-14)11-12-4-3-5-13(16)8-12/h3-5,8-10H,6-7,11,16H2,1-2H3. The number of nitrogen functional groups attached to an aromatic ring is 1. The lowest BCUT2D eigenvalue weighted by Crippen LogP contribution is -2.27. The maximum atomic E-state index is 12.1. The number of hydrogen-bond acceptors (Lipinski definition) is 5. The van der Waals surface area contributed by atoms with Gasteiger partial charge in [-0.25, -0.2) is 4.68 Å². The molecule has 2 rings (SSSR count). The summed E-state index contributed by atoms with van der Waals surface area (Å²) >= 11 is 0. The molecule has 2 aromatic rings. The highest BCUT2D eigenvalue weighted by Crippen LogP contribution is 2.09. The van der Waals surface area contributed by atoms with E-state index in [0.29, 0.717) is 25.4 Å². The number of rotatable bonds is 6. The van der Waals surface area contributed by atoms with E-state index in [-0.39, 0.29) is 5.56 Å². The van der Waals surface area contributed by atoms with Crippen LogP contribution in [0.4, 0.5) is 11.4 Å². The maximum absolute atomic E-state index is 12.1. The molecule has 1 aromatic heterocycles. The van der Waals surface area contributed by atoms with Crippen molar-refractivity contribution in [3.8, 4) is 0 Å². The van der Waals surface area contributed by atoms with E-state index in [1.807, 2.05) is 36.2 Å². The highest BCUT2D eigenvalue weighted by atomic mass is 16.5. The maximum Gasteiger partial charge on any atom is 0.269 e. The first kappa shape index (κ1) is 15.1. The second-order valence-electron chi connectivity index (χ2n) is 4.87. The minimum absolute atomic E-state index is 0.140. The van der Waals surface area contributed by atoms with Crippen molar-refractivity contribution >= 4 is 11.4 Å². The predicted molar refractivity (Wildman–Crippen MR) is 83.6 cm³/mol. The van der Waals surface area contributed by atoms with E-state index in [4.69, 9.17) is 10.5 Å². The van der Waals surface area contributed by atoms with Gasteiger partial charge in [0.15, 0.2) is 0 Å². The van der Waals surface area contributed by atoms with Crippen LogP contribution >= 0.6 is 0 Å². The van der Waals surface area contributed by atoms with Gasteiger partial charge in [-0.1, -0.05) is 12.1 Å². The minimum Gasteiger partial charge on any atom is -0.399 e. The van der Waals surface area contributed by atoms with Crippen molar-refractivity contribution in [2.45, 2.75) is 6.54 Å². The molecule has 0 spiro atoms. The smallest absolute Gasteiger partial charge is 0.269 e. The number of likely N-dealkylation sites (N-methyl/N-ethyl adjacent to an activating group) is 1. The molecule has 0 radical (unpaired) electrons. The molecule has 0 fully saturated rings.